The Bertz CT molecular complexity index is 705. The van der Waals surface area contributed by atoms with Crippen LogP contribution in [0.4, 0.5) is 0 Å². The van der Waals surface area contributed by atoms with Gasteiger partial charge in [-0.15, -0.1) is 0 Å². The van der Waals surface area contributed by atoms with Crippen molar-refractivity contribution in [3.63, 3.8) is 0 Å². The highest BCUT2D eigenvalue weighted by atomic mass is 16.5. The highest BCUT2D eigenvalue weighted by Gasteiger charge is 2.18. The summed E-state index contributed by atoms with van der Waals surface area (Å²) in [5.74, 6) is -0.319. The van der Waals surface area contributed by atoms with Crippen molar-refractivity contribution >= 4 is 12.2 Å². The summed E-state index contributed by atoms with van der Waals surface area (Å²) < 4.78 is 4.70. The van der Waals surface area contributed by atoms with Crippen LogP contribution in [0, 0.1) is 0 Å². The van der Waals surface area contributed by atoms with Gasteiger partial charge < -0.3 is 9.64 Å². The summed E-state index contributed by atoms with van der Waals surface area (Å²) in [6.07, 6.45) is 1.85. The topological polar surface area (TPSA) is 46.3 Å². The quantitative estimate of drug-likeness (QED) is 0.658. The summed E-state index contributed by atoms with van der Waals surface area (Å²) in [7, 11) is 1.39. The molecule has 0 saturated carbocycles. The van der Waals surface area contributed by atoms with Gasteiger partial charge in [0.1, 0.15) is 6.54 Å². The molecule has 1 aliphatic rings. The Kier molecular flexibility index (Phi) is 5.80. The highest BCUT2D eigenvalue weighted by molar-refractivity contribution is 5.90. The Morgan fingerprint density at radius 1 is 1.12 bits per heavy atom. The third-order valence-electron chi connectivity index (χ3n) is 4.45. The second-order valence-electron chi connectivity index (χ2n) is 6.22. The smallest absolute Gasteiger partial charge is 0.337 e. The number of quaternary nitrogens is 1. The first-order valence-electron chi connectivity index (χ1n) is 8.59. The SMILES string of the molecule is COC(=O)c1ccc(/C=N\N2CC[NH+](Cc3ccccc3)CC2)cc1. The molecular weight excluding hydrogens is 314 g/mol. The Morgan fingerprint density at radius 3 is 2.44 bits per heavy atom. The van der Waals surface area contributed by atoms with Crippen LogP contribution in [0.3, 0.4) is 0 Å². The van der Waals surface area contributed by atoms with Crippen LogP contribution in [0.1, 0.15) is 21.5 Å². The van der Waals surface area contributed by atoms with Crippen molar-refractivity contribution < 1.29 is 14.4 Å². The minimum absolute atomic E-state index is 0.319. The molecule has 3 rings (SSSR count). The number of methoxy groups -OCH3 is 1. The zero-order valence-corrected chi connectivity index (χ0v) is 14.5. The third kappa shape index (κ3) is 4.90. The maximum Gasteiger partial charge on any atom is 0.337 e. The average molecular weight is 338 g/mol. The first kappa shape index (κ1) is 17.2. The fourth-order valence-corrected chi connectivity index (χ4v) is 2.96. The number of hydrogen-bond acceptors (Lipinski definition) is 4. The summed E-state index contributed by atoms with van der Waals surface area (Å²) in [5, 5.41) is 6.68. The molecule has 0 aromatic heterocycles. The van der Waals surface area contributed by atoms with Crippen molar-refractivity contribution in [2.24, 2.45) is 5.10 Å². The van der Waals surface area contributed by atoms with E-state index in [1.807, 2.05) is 18.3 Å². The fraction of sp³-hybridized carbons (Fsp3) is 0.300. The molecule has 130 valence electrons. The maximum absolute atomic E-state index is 11.4. The Hall–Kier alpha value is -2.66. The largest absolute Gasteiger partial charge is 0.465 e. The molecule has 0 bridgehead atoms. The molecule has 2 aromatic carbocycles. The summed E-state index contributed by atoms with van der Waals surface area (Å²) >= 11 is 0. The summed E-state index contributed by atoms with van der Waals surface area (Å²) in [4.78, 5) is 13.0. The molecule has 1 aliphatic heterocycles. The molecule has 2 aromatic rings. The van der Waals surface area contributed by atoms with E-state index in [1.54, 1.807) is 17.0 Å². The Morgan fingerprint density at radius 2 is 1.80 bits per heavy atom. The molecule has 0 spiro atoms. The van der Waals surface area contributed by atoms with E-state index >= 15 is 0 Å². The van der Waals surface area contributed by atoms with E-state index < -0.39 is 0 Å². The Labute approximate surface area is 148 Å². The van der Waals surface area contributed by atoms with Crippen LogP contribution in [0.25, 0.3) is 0 Å². The average Bonchev–Trinajstić information content (AvgIpc) is 2.68. The van der Waals surface area contributed by atoms with E-state index in [4.69, 9.17) is 4.74 Å². The number of nitrogens with one attached hydrogen (secondary N) is 1. The molecule has 0 unspecified atom stereocenters. The van der Waals surface area contributed by atoms with Crippen LogP contribution in [0.2, 0.25) is 0 Å². The van der Waals surface area contributed by atoms with Crippen molar-refractivity contribution in [1.82, 2.24) is 5.01 Å². The first-order valence-corrected chi connectivity index (χ1v) is 8.59. The number of benzene rings is 2. The van der Waals surface area contributed by atoms with Gasteiger partial charge in [0.2, 0.25) is 0 Å². The number of piperazine rings is 1. The zero-order valence-electron chi connectivity index (χ0n) is 14.5. The maximum atomic E-state index is 11.4. The normalized spacial score (nSPS) is 15.5. The van der Waals surface area contributed by atoms with E-state index in [-0.39, 0.29) is 5.97 Å². The lowest BCUT2D eigenvalue weighted by Crippen LogP contribution is -3.13. The minimum Gasteiger partial charge on any atom is -0.465 e. The predicted molar refractivity (Wildman–Crippen MR) is 97.8 cm³/mol. The lowest BCUT2D eigenvalue weighted by atomic mass is 10.1. The van der Waals surface area contributed by atoms with Gasteiger partial charge in [-0.05, 0) is 17.7 Å². The van der Waals surface area contributed by atoms with Crippen molar-refractivity contribution in [2.45, 2.75) is 6.54 Å². The third-order valence-corrected chi connectivity index (χ3v) is 4.45. The minimum atomic E-state index is -0.319. The summed E-state index contributed by atoms with van der Waals surface area (Å²) in [6, 6.07) is 17.9. The molecule has 0 amide bonds. The molecule has 5 nitrogen and oxygen atoms in total. The number of esters is 1. The number of carbonyl (C=O) groups excluding carboxylic acids is 1. The number of hydrazone groups is 1. The van der Waals surface area contributed by atoms with Crippen LogP contribution in [-0.4, -0.2) is 50.5 Å². The molecule has 0 aliphatic carbocycles. The molecule has 1 N–H and O–H groups in total. The van der Waals surface area contributed by atoms with E-state index in [1.165, 1.54) is 12.7 Å². The summed E-state index contributed by atoms with van der Waals surface area (Å²) in [5.41, 5.74) is 2.92. The van der Waals surface area contributed by atoms with Gasteiger partial charge in [-0.1, -0.05) is 42.5 Å². The van der Waals surface area contributed by atoms with Crippen molar-refractivity contribution in [1.29, 1.82) is 0 Å². The number of hydrogen-bond donors (Lipinski definition) is 1. The summed E-state index contributed by atoms with van der Waals surface area (Å²) in [6.45, 7) is 5.17. The number of rotatable bonds is 5. The van der Waals surface area contributed by atoms with Crippen LogP contribution >= 0.6 is 0 Å². The lowest BCUT2D eigenvalue weighted by molar-refractivity contribution is -0.918. The van der Waals surface area contributed by atoms with Crippen LogP contribution < -0.4 is 4.90 Å². The lowest BCUT2D eigenvalue weighted by Gasteiger charge is -2.30. The second-order valence-corrected chi connectivity index (χ2v) is 6.22. The van der Waals surface area contributed by atoms with Crippen LogP contribution in [0.15, 0.2) is 59.7 Å². The van der Waals surface area contributed by atoms with E-state index in [2.05, 4.69) is 40.4 Å². The molecule has 5 heteroatoms. The molecule has 1 saturated heterocycles. The van der Waals surface area contributed by atoms with E-state index in [9.17, 15) is 4.79 Å². The molecule has 25 heavy (non-hydrogen) atoms. The monoisotopic (exact) mass is 338 g/mol. The molecule has 1 heterocycles. The first-order chi connectivity index (χ1) is 12.2. The van der Waals surface area contributed by atoms with Gasteiger partial charge in [0, 0.05) is 5.56 Å². The van der Waals surface area contributed by atoms with Crippen molar-refractivity contribution in [3.05, 3.63) is 71.3 Å². The highest BCUT2D eigenvalue weighted by Crippen LogP contribution is 2.04. The molecule has 1 fully saturated rings. The number of carbonyl (C=O) groups is 1. The van der Waals surface area contributed by atoms with Gasteiger partial charge in [0.15, 0.2) is 0 Å². The van der Waals surface area contributed by atoms with Gasteiger partial charge in [-0.2, -0.15) is 5.10 Å². The fourth-order valence-electron chi connectivity index (χ4n) is 2.96. The molecule has 0 radical (unpaired) electrons. The van der Waals surface area contributed by atoms with Gasteiger partial charge in [-0.3, -0.25) is 5.01 Å². The van der Waals surface area contributed by atoms with Gasteiger partial charge >= 0.3 is 5.97 Å². The molecule has 0 atom stereocenters. The van der Waals surface area contributed by atoms with Gasteiger partial charge in [0.05, 0.1) is 45.1 Å². The van der Waals surface area contributed by atoms with E-state index in [0.717, 1.165) is 38.3 Å². The standard InChI is InChI=1S/C20H23N3O2/c1-25-20(24)19-9-7-17(8-10-19)15-21-23-13-11-22(12-14-23)16-18-5-3-2-4-6-18/h2-10,15H,11-14,16H2,1H3/p+1/b21-15-. The van der Waals surface area contributed by atoms with Crippen molar-refractivity contribution in [2.75, 3.05) is 33.3 Å². The zero-order chi connectivity index (χ0) is 17.5. The second kappa shape index (κ2) is 8.44. The number of ether oxygens (including phenoxy) is 1. The Balaban J connectivity index is 1.48. The predicted octanol–water partition coefficient (Wildman–Crippen LogP) is 1.21. The van der Waals surface area contributed by atoms with Crippen molar-refractivity contribution in [3.8, 4) is 0 Å². The van der Waals surface area contributed by atoms with E-state index in [0.29, 0.717) is 5.56 Å². The number of nitrogens with zero attached hydrogens (tertiary/aromatic N) is 2. The van der Waals surface area contributed by atoms with Crippen LogP contribution in [0.5, 0.6) is 0 Å². The molecular formula is C20H24N3O2+. The van der Waals surface area contributed by atoms with Gasteiger partial charge in [0.25, 0.3) is 0 Å². The van der Waals surface area contributed by atoms with Crippen LogP contribution in [-0.2, 0) is 11.3 Å². The van der Waals surface area contributed by atoms with Gasteiger partial charge in [-0.25, -0.2) is 4.79 Å².